The lowest BCUT2D eigenvalue weighted by Gasteiger charge is -2.34. The van der Waals surface area contributed by atoms with Crippen LogP contribution in [0.5, 0.6) is 0 Å². The van der Waals surface area contributed by atoms with Gasteiger partial charge in [0, 0.05) is 49.9 Å². The molecule has 266 valence electrons. The number of benzene rings is 10. The van der Waals surface area contributed by atoms with Gasteiger partial charge in [-0.15, -0.1) is 0 Å². The number of rotatable bonds is 5. The van der Waals surface area contributed by atoms with Crippen LogP contribution in [-0.2, 0) is 0 Å². The van der Waals surface area contributed by atoms with Crippen molar-refractivity contribution in [3.8, 4) is 16.8 Å². The molecule has 11 aromatic rings. The van der Waals surface area contributed by atoms with Crippen molar-refractivity contribution < 1.29 is 0 Å². The van der Waals surface area contributed by atoms with Gasteiger partial charge in [0.15, 0.2) is 0 Å². The lowest BCUT2D eigenvalue weighted by Crippen LogP contribution is -2.15. The summed E-state index contributed by atoms with van der Waals surface area (Å²) in [4.78, 5) is 4.87. The van der Waals surface area contributed by atoms with E-state index in [9.17, 15) is 0 Å². The first-order valence-corrected chi connectivity index (χ1v) is 19.6. The molecule has 0 unspecified atom stereocenters. The molecule has 0 N–H and O–H groups in total. The van der Waals surface area contributed by atoms with E-state index in [1.165, 1.54) is 76.6 Å². The number of para-hydroxylation sites is 2. The lowest BCUT2D eigenvalue weighted by molar-refractivity contribution is 1.18. The molecule has 2 heterocycles. The van der Waals surface area contributed by atoms with E-state index >= 15 is 0 Å². The van der Waals surface area contributed by atoms with Gasteiger partial charge in [-0.05, 0) is 106 Å². The first-order chi connectivity index (χ1) is 28.3. The molecule has 12 rings (SSSR count). The van der Waals surface area contributed by atoms with Crippen molar-refractivity contribution in [1.82, 2.24) is 4.57 Å². The van der Waals surface area contributed by atoms with Crippen LogP contribution in [0.15, 0.2) is 212 Å². The first kappa shape index (κ1) is 31.7. The minimum absolute atomic E-state index is 1.09. The van der Waals surface area contributed by atoms with E-state index < -0.39 is 0 Å². The Bertz CT molecular complexity index is 3350. The van der Waals surface area contributed by atoms with Gasteiger partial charge in [-0.3, -0.25) is 0 Å². The summed E-state index contributed by atoms with van der Waals surface area (Å²) >= 11 is 0. The molecule has 0 radical (unpaired) electrons. The summed E-state index contributed by atoms with van der Waals surface area (Å²) in [5, 5.41) is 9.90. The summed E-state index contributed by atoms with van der Waals surface area (Å²) in [5.41, 5.74) is 12.9. The summed E-state index contributed by atoms with van der Waals surface area (Å²) in [6, 6.07) is 77.6. The predicted molar refractivity (Wildman–Crippen MR) is 242 cm³/mol. The van der Waals surface area contributed by atoms with Crippen molar-refractivity contribution in [2.45, 2.75) is 0 Å². The molecule has 0 spiro atoms. The minimum atomic E-state index is 1.09. The van der Waals surface area contributed by atoms with E-state index in [4.69, 9.17) is 0 Å². The zero-order valence-electron chi connectivity index (χ0n) is 31.0. The van der Waals surface area contributed by atoms with E-state index in [2.05, 4.69) is 227 Å². The van der Waals surface area contributed by atoms with Crippen molar-refractivity contribution in [2.75, 3.05) is 9.80 Å². The Morgan fingerprint density at radius 3 is 1.81 bits per heavy atom. The molecule has 1 aromatic heterocycles. The molecule has 0 amide bonds. The maximum Gasteiger partial charge on any atom is 0.0561 e. The largest absolute Gasteiger partial charge is 0.310 e. The number of fused-ring (bicyclic) bond motifs is 7. The maximum absolute atomic E-state index is 2.45. The van der Waals surface area contributed by atoms with E-state index in [1.54, 1.807) is 0 Å². The topological polar surface area (TPSA) is 11.4 Å². The monoisotopic (exact) mass is 725 g/mol. The third kappa shape index (κ3) is 4.86. The molecule has 0 bridgehead atoms. The highest BCUT2D eigenvalue weighted by Gasteiger charge is 2.27. The molecule has 0 saturated carbocycles. The lowest BCUT2D eigenvalue weighted by atomic mass is 9.89. The predicted octanol–water partition coefficient (Wildman–Crippen LogP) is 15.2. The number of hydrogen-bond donors (Lipinski definition) is 0. The van der Waals surface area contributed by atoms with Crippen molar-refractivity contribution in [3.05, 3.63) is 212 Å². The summed E-state index contributed by atoms with van der Waals surface area (Å²) in [7, 11) is 0. The third-order valence-electron chi connectivity index (χ3n) is 11.8. The molecule has 1 aliphatic rings. The van der Waals surface area contributed by atoms with Gasteiger partial charge in [0.25, 0.3) is 0 Å². The highest BCUT2D eigenvalue weighted by molar-refractivity contribution is 6.16. The Balaban J connectivity index is 1.07. The van der Waals surface area contributed by atoms with Gasteiger partial charge in [0.2, 0.25) is 0 Å². The highest BCUT2D eigenvalue weighted by atomic mass is 15.2. The smallest absolute Gasteiger partial charge is 0.0561 e. The first-order valence-electron chi connectivity index (χ1n) is 19.6. The van der Waals surface area contributed by atoms with Gasteiger partial charge in [0.05, 0.1) is 28.1 Å². The van der Waals surface area contributed by atoms with Crippen LogP contribution in [-0.4, -0.2) is 4.57 Å². The van der Waals surface area contributed by atoms with Gasteiger partial charge in [-0.25, -0.2) is 0 Å². The SMILES string of the molecule is c1ccc(-n2c3ccccc3c3ccc(N(c4ccc(N5c6cc7ccccc7cc6-c6cccc7cccc5c67)cc4)c4cccc5ccccc45)cc32)cc1. The molecule has 0 atom stereocenters. The highest BCUT2D eigenvalue weighted by Crippen LogP contribution is 2.52. The zero-order valence-corrected chi connectivity index (χ0v) is 31.0. The summed E-state index contributed by atoms with van der Waals surface area (Å²) in [5.74, 6) is 0. The van der Waals surface area contributed by atoms with Gasteiger partial charge < -0.3 is 14.4 Å². The van der Waals surface area contributed by atoms with Crippen LogP contribution in [0.1, 0.15) is 0 Å². The fourth-order valence-corrected chi connectivity index (χ4v) is 9.30. The third-order valence-corrected chi connectivity index (χ3v) is 11.8. The van der Waals surface area contributed by atoms with Gasteiger partial charge in [-0.1, -0.05) is 133 Å². The van der Waals surface area contributed by atoms with Gasteiger partial charge in [0.1, 0.15) is 0 Å². The molecule has 0 saturated heterocycles. The minimum Gasteiger partial charge on any atom is -0.310 e. The molecular formula is C54H35N3. The Labute approximate surface area is 330 Å². The normalized spacial score (nSPS) is 12.2. The zero-order chi connectivity index (χ0) is 37.5. The fourth-order valence-electron chi connectivity index (χ4n) is 9.30. The van der Waals surface area contributed by atoms with Crippen LogP contribution in [0.2, 0.25) is 0 Å². The van der Waals surface area contributed by atoms with Crippen molar-refractivity contribution in [3.63, 3.8) is 0 Å². The second kappa shape index (κ2) is 12.5. The van der Waals surface area contributed by atoms with Crippen molar-refractivity contribution >= 4 is 88.2 Å². The van der Waals surface area contributed by atoms with E-state index in [1.807, 2.05) is 0 Å². The van der Waals surface area contributed by atoms with Crippen molar-refractivity contribution in [1.29, 1.82) is 0 Å². The quantitative estimate of drug-likeness (QED) is 0.175. The summed E-state index contributed by atoms with van der Waals surface area (Å²) in [6.07, 6.45) is 0. The fraction of sp³-hybridized carbons (Fsp3) is 0. The van der Waals surface area contributed by atoms with E-state index in [0.29, 0.717) is 0 Å². The Morgan fingerprint density at radius 1 is 0.333 bits per heavy atom. The van der Waals surface area contributed by atoms with Crippen LogP contribution in [0.3, 0.4) is 0 Å². The van der Waals surface area contributed by atoms with Crippen LogP contribution in [0, 0.1) is 0 Å². The Morgan fingerprint density at radius 2 is 0.965 bits per heavy atom. The Hall–Kier alpha value is -7.62. The summed E-state index contributed by atoms with van der Waals surface area (Å²) in [6.45, 7) is 0. The number of aromatic nitrogens is 1. The van der Waals surface area contributed by atoms with Gasteiger partial charge in [-0.2, -0.15) is 0 Å². The molecule has 0 fully saturated rings. The maximum atomic E-state index is 2.45. The van der Waals surface area contributed by atoms with Crippen LogP contribution in [0.4, 0.5) is 34.1 Å². The summed E-state index contributed by atoms with van der Waals surface area (Å²) < 4.78 is 2.40. The Kier molecular flexibility index (Phi) is 6.93. The van der Waals surface area contributed by atoms with Crippen LogP contribution >= 0.6 is 0 Å². The molecule has 57 heavy (non-hydrogen) atoms. The molecule has 3 heteroatoms. The molecule has 10 aromatic carbocycles. The van der Waals surface area contributed by atoms with Crippen molar-refractivity contribution in [2.24, 2.45) is 0 Å². The second-order valence-electron chi connectivity index (χ2n) is 15.0. The van der Waals surface area contributed by atoms with Crippen LogP contribution in [0.25, 0.3) is 70.9 Å². The average Bonchev–Trinajstić information content (AvgIpc) is 3.61. The number of hydrogen-bond acceptors (Lipinski definition) is 2. The van der Waals surface area contributed by atoms with Crippen LogP contribution < -0.4 is 9.80 Å². The van der Waals surface area contributed by atoms with E-state index in [-0.39, 0.29) is 0 Å². The van der Waals surface area contributed by atoms with Gasteiger partial charge >= 0.3 is 0 Å². The molecule has 0 aliphatic carbocycles. The molecule has 3 nitrogen and oxygen atoms in total. The number of anilines is 6. The van der Waals surface area contributed by atoms with E-state index in [0.717, 1.165) is 28.4 Å². The average molecular weight is 726 g/mol. The number of nitrogens with zero attached hydrogens (tertiary/aromatic N) is 3. The standard InChI is InChI=1S/C54H35N3/c1-2-19-40(20-3-1)56-50-24-9-8-22-45(50)46-32-31-43(35-53(46)56)55(49-25-11-16-36-13-6-7-21-44(36)49)41-27-29-42(30-28-41)57-51-26-12-18-37-17-10-23-47(54(37)51)48-33-38-14-4-5-15-39(38)34-52(48)57/h1-35H. The molecular weight excluding hydrogens is 691 g/mol. The molecule has 1 aliphatic heterocycles. The second-order valence-corrected chi connectivity index (χ2v) is 15.0.